The number of phenols is 2. The Kier molecular flexibility index (Phi) is 7.24. The summed E-state index contributed by atoms with van der Waals surface area (Å²) in [4.78, 5) is 0. The van der Waals surface area contributed by atoms with Gasteiger partial charge in [0.1, 0.15) is 11.5 Å². The zero-order valence-corrected chi connectivity index (χ0v) is 9.32. The normalized spacial score (nSPS) is 10.6. The number of rotatable bonds is 4. The van der Waals surface area contributed by atoms with Crippen molar-refractivity contribution in [2.75, 3.05) is 26.4 Å². The molecule has 0 atom stereocenters. The second-order valence-electron chi connectivity index (χ2n) is 3.65. The molecule has 0 aromatic heterocycles. The van der Waals surface area contributed by atoms with Crippen LogP contribution in [0.2, 0.25) is 0 Å². The maximum atomic E-state index is 8.65. The molecular weight excluding hydrogens is 228 g/mol. The Labute approximate surface area is 99.0 Å². The van der Waals surface area contributed by atoms with Crippen LogP contribution in [-0.4, -0.2) is 57.1 Å². The van der Waals surface area contributed by atoms with Gasteiger partial charge in [0.05, 0.1) is 31.8 Å². The highest BCUT2D eigenvalue weighted by atomic mass is 16.3. The molecule has 6 heteroatoms. The fourth-order valence-electron chi connectivity index (χ4n) is 0.753. The molecule has 0 bridgehead atoms. The molecule has 0 spiro atoms. The Hall–Kier alpha value is -1.34. The van der Waals surface area contributed by atoms with E-state index in [-0.39, 0.29) is 11.5 Å². The van der Waals surface area contributed by atoms with E-state index >= 15 is 0 Å². The van der Waals surface area contributed by atoms with E-state index in [1.807, 2.05) is 0 Å². The van der Waals surface area contributed by atoms with Gasteiger partial charge in [0.2, 0.25) is 0 Å². The summed E-state index contributed by atoms with van der Waals surface area (Å²) >= 11 is 0. The van der Waals surface area contributed by atoms with Crippen LogP contribution in [0.3, 0.4) is 0 Å². The molecule has 6 nitrogen and oxygen atoms in total. The lowest BCUT2D eigenvalue weighted by Gasteiger charge is -2.23. The number of benzene rings is 1. The van der Waals surface area contributed by atoms with Gasteiger partial charge >= 0.3 is 0 Å². The lowest BCUT2D eigenvalue weighted by Crippen LogP contribution is -2.37. The maximum absolute atomic E-state index is 8.65. The Morgan fingerprint density at radius 1 is 0.647 bits per heavy atom. The second-order valence-corrected chi connectivity index (χ2v) is 3.65. The van der Waals surface area contributed by atoms with Gasteiger partial charge in [-0.15, -0.1) is 0 Å². The van der Waals surface area contributed by atoms with Gasteiger partial charge in [-0.05, 0) is 24.3 Å². The highest BCUT2D eigenvalue weighted by molar-refractivity contribution is 5.28. The largest absolute Gasteiger partial charge is 0.508 e. The summed E-state index contributed by atoms with van der Waals surface area (Å²) in [6.45, 7) is -1.62. The second kappa shape index (κ2) is 7.86. The van der Waals surface area contributed by atoms with Gasteiger partial charge < -0.3 is 30.6 Å². The SMILES string of the molecule is OCC(CO)(CO)CO.Oc1ccc(O)cc1. The van der Waals surface area contributed by atoms with Crippen LogP contribution in [0, 0.1) is 5.41 Å². The number of phenolic OH excluding ortho intramolecular Hbond substituents is 2. The van der Waals surface area contributed by atoms with Crippen molar-refractivity contribution in [1.29, 1.82) is 0 Å². The summed E-state index contributed by atoms with van der Waals surface area (Å²) in [5, 5.41) is 51.3. The van der Waals surface area contributed by atoms with E-state index < -0.39 is 31.8 Å². The molecule has 0 saturated heterocycles. The monoisotopic (exact) mass is 246 g/mol. The van der Waals surface area contributed by atoms with E-state index in [4.69, 9.17) is 30.6 Å². The fourth-order valence-corrected chi connectivity index (χ4v) is 0.753. The number of aliphatic hydroxyl groups excluding tert-OH is 4. The highest BCUT2D eigenvalue weighted by Crippen LogP contribution is 2.13. The van der Waals surface area contributed by atoms with Crippen LogP contribution >= 0.6 is 0 Å². The molecule has 0 amide bonds. The first-order valence-corrected chi connectivity index (χ1v) is 4.95. The first-order valence-electron chi connectivity index (χ1n) is 4.95. The summed E-state index contributed by atoms with van der Waals surface area (Å²) in [7, 11) is 0. The fraction of sp³-hybridized carbons (Fsp3) is 0.455. The van der Waals surface area contributed by atoms with Gasteiger partial charge in [0.25, 0.3) is 0 Å². The molecule has 1 aromatic rings. The van der Waals surface area contributed by atoms with Crippen molar-refractivity contribution in [3.63, 3.8) is 0 Å². The standard InChI is InChI=1S/C6H6O2.C5H12O4/c7-5-1-2-6(8)4-3-5;6-1-5(2-7,3-8)4-9/h1-4,7-8H;6-9H,1-4H2. The van der Waals surface area contributed by atoms with Crippen molar-refractivity contribution in [3.8, 4) is 11.5 Å². The molecule has 0 aliphatic rings. The quantitative estimate of drug-likeness (QED) is 0.381. The predicted octanol–water partition coefficient (Wildman–Crippen LogP) is -0.960. The van der Waals surface area contributed by atoms with Crippen molar-refractivity contribution in [2.45, 2.75) is 0 Å². The van der Waals surface area contributed by atoms with Crippen molar-refractivity contribution < 1.29 is 30.6 Å². The molecule has 0 heterocycles. The Morgan fingerprint density at radius 2 is 0.882 bits per heavy atom. The third kappa shape index (κ3) is 5.50. The maximum Gasteiger partial charge on any atom is 0.115 e. The smallest absolute Gasteiger partial charge is 0.115 e. The number of aliphatic hydroxyl groups is 4. The van der Waals surface area contributed by atoms with Crippen LogP contribution in [0.25, 0.3) is 0 Å². The van der Waals surface area contributed by atoms with E-state index in [1.54, 1.807) is 0 Å². The third-order valence-electron chi connectivity index (χ3n) is 2.19. The average molecular weight is 246 g/mol. The summed E-state index contributed by atoms with van der Waals surface area (Å²) in [5.41, 5.74) is -1.11. The van der Waals surface area contributed by atoms with Crippen molar-refractivity contribution >= 4 is 0 Å². The van der Waals surface area contributed by atoms with Crippen LogP contribution in [0.5, 0.6) is 11.5 Å². The lowest BCUT2D eigenvalue weighted by molar-refractivity contribution is -0.0328. The molecule has 1 rings (SSSR count). The van der Waals surface area contributed by atoms with E-state index in [2.05, 4.69) is 0 Å². The summed E-state index contributed by atoms with van der Waals surface area (Å²) < 4.78 is 0. The summed E-state index contributed by atoms with van der Waals surface area (Å²) in [6.07, 6.45) is 0. The van der Waals surface area contributed by atoms with E-state index in [0.717, 1.165) is 0 Å². The zero-order valence-electron chi connectivity index (χ0n) is 9.32. The Balaban J connectivity index is 0.000000302. The number of aromatic hydroxyl groups is 2. The molecule has 17 heavy (non-hydrogen) atoms. The van der Waals surface area contributed by atoms with Crippen molar-refractivity contribution in [2.24, 2.45) is 5.41 Å². The molecule has 0 fully saturated rings. The molecule has 0 radical (unpaired) electrons. The third-order valence-corrected chi connectivity index (χ3v) is 2.19. The van der Waals surface area contributed by atoms with Gasteiger partial charge in [0.15, 0.2) is 0 Å². The molecule has 0 aliphatic carbocycles. The molecule has 0 saturated carbocycles. The van der Waals surface area contributed by atoms with Crippen LogP contribution in [0.4, 0.5) is 0 Å². The van der Waals surface area contributed by atoms with Gasteiger partial charge in [-0.1, -0.05) is 0 Å². The minimum Gasteiger partial charge on any atom is -0.508 e. The van der Waals surface area contributed by atoms with Gasteiger partial charge in [-0.25, -0.2) is 0 Å². The molecule has 0 aliphatic heterocycles. The van der Waals surface area contributed by atoms with E-state index in [0.29, 0.717) is 0 Å². The van der Waals surface area contributed by atoms with Crippen LogP contribution in [0.1, 0.15) is 0 Å². The molecular formula is C11H18O6. The van der Waals surface area contributed by atoms with E-state index in [1.165, 1.54) is 24.3 Å². The Morgan fingerprint density at radius 3 is 1.00 bits per heavy atom. The Bertz CT molecular complexity index is 255. The first-order chi connectivity index (χ1) is 8.03. The molecule has 6 N–H and O–H groups in total. The van der Waals surface area contributed by atoms with E-state index in [9.17, 15) is 0 Å². The summed E-state index contributed by atoms with van der Waals surface area (Å²) in [6, 6.07) is 5.70. The number of hydrogen-bond donors (Lipinski definition) is 6. The van der Waals surface area contributed by atoms with Gasteiger partial charge in [-0.3, -0.25) is 0 Å². The lowest BCUT2D eigenvalue weighted by atomic mass is 9.93. The minimum atomic E-state index is -1.11. The summed E-state index contributed by atoms with van der Waals surface area (Å²) in [5.74, 6) is 0.339. The van der Waals surface area contributed by atoms with Crippen molar-refractivity contribution in [1.82, 2.24) is 0 Å². The zero-order chi connectivity index (χ0) is 13.3. The van der Waals surface area contributed by atoms with Gasteiger partial charge in [0, 0.05) is 0 Å². The predicted molar refractivity (Wildman–Crippen MR) is 60.5 cm³/mol. The molecule has 98 valence electrons. The first kappa shape index (κ1) is 15.7. The minimum absolute atomic E-state index is 0.169. The average Bonchev–Trinajstić information content (AvgIpc) is 2.37. The van der Waals surface area contributed by atoms with Crippen LogP contribution in [0.15, 0.2) is 24.3 Å². The highest BCUT2D eigenvalue weighted by Gasteiger charge is 2.26. The number of hydrogen-bond acceptors (Lipinski definition) is 6. The van der Waals surface area contributed by atoms with Crippen LogP contribution < -0.4 is 0 Å². The van der Waals surface area contributed by atoms with Gasteiger partial charge in [-0.2, -0.15) is 0 Å². The molecule has 1 aromatic carbocycles. The topological polar surface area (TPSA) is 121 Å². The molecule has 0 unspecified atom stereocenters. The van der Waals surface area contributed by atoms with Crippen LogP contribution in [-0.2, 0) is 0 Å². The van der Waals surface area contributed by atoms with Crippen molar-refractivity contribution in [3.05, 3.63) is 24.3 Å².